The third-order valence-electron chi connectivity index (χ3n) is 6.06. The van der Waals surface area contributed by atoms with Gasteiger partial charge in [-0.1, -0.05) is 0 Å². The second kappa shape index (κ2) is 14.3. The molecule has 12 atom stereocenters. The molecule has 1 amide bonds. The zero-order valence-corrected chi connectivity index (χ0v) is 22.7. The molecule has 2 rings (SSSR count). The quantitative estimate of drug-likeness (QED) is 0.128. The van der Waals surface area contributed by atoms with Gasteiger partial charge in [-0.05, 0) is 27.7 Å². The number of aliphatic hydroxyl groups excluding tert-OH is 6. The van der Waals surface area contributed by atoms with Crippen molar-refractivity contribution in [1.82, 2.24) is 5.32 Å². The van der Waals surface area contributed by atoms with E-state index in [0.29, 0.717) is 0 Å². The van der Waals surface area contributed by atoms with Crippen LogP contribution in [-0.4, -0.2) is 149 Å². The largest absolute Gasteiger partial charge is 0.461 e. The fourth-order valence-electron chi connectivity index (χ4n) is 4.08. The number of hydrogen-bond donors (Lipinski definition) is 7. The molecule has 12 unspecified atom stereocenters. The molecule has 0 aromatic rings. The Hall–Kier alpha value is -1.70. The molecule has 2 fully saturated rings. The molecule has 0 aromatic carbocycles. The Balaban J connectivity index is 2.18. The molecule has 228 valence electrons. The van der Waals surface area contributed by atoms with Crippen LogP contribution >= 0.6 is 0 Å². The minimum Gasteiger partial charge on any atom is -0.461 e. The molecule has 0 aromatic heterocycles. The van der Waals surface area contributed by atoms with E-state index in [1.165, 1.54) is 21.1 Å². The fraction of sp³-hybridized carbons (Fsp3) is 0.913. The average molecular weight is 572 g/mol. The highest BCUT2D eigenvalue weighted by Crippen LogP contribution is 2.30. The van der Waals surface area contributed by atoms with Crippen LogP contribution in [0, 0.1) is 0 Å². The third-order valence-corrected chi connectivity index (χ3v) is 6.06. The smallest absolute Gasteiger partial charge is 0.408 e. The van der Waals surface area contributed by atoms with E-state index < -0.39 is 104 Å². The van der Waals surface area contributed by atoms with E-state index >= 15 is 0 Å². The van der Waals surface area contributed by atoms with Crippen molar-refractivity contribution in [3.05, 3.63) is 0 Å². The van der Waals surface area contributed by atoms with Gasteiger partial charge in [0.05, 0.1) is 12.7 Å². The van der Waals surface area contributed by atoms with E-state index in [1.807, 2.05) is 0 Å². The minimum absolute atomic E-state index is 0.605. The Morgan fingerprint density at radius 3 is 1.97 bits per heavy atom. The van der Waals surface area contributed by atoms with Crippen LogP contribution < -0.4 is 5.32 Å². The summed E-state index contributed by atoms with van der Waals surface area (Å²) in [5.74, 6) is -1.08. The Bertz CT molecular complexity index is 790. The summed E-state index contributed by atoms with van der Waals surface area (Å²) >= 11 is 0. The molecule has 0 bridgehead atoms. The maximum absolute atomic E-state index is 12.7. The van der Waals surface area contributed by atoms with Crippen molar-refractivity contribution in [2.24, 2.45) is 0 Å². The highest BCUT2D eigenvalue weighted by atomic mass is 16.7. The van der Waals surface area contributed by atoms with Crippen LogP contribution in [0.4, 0.5) is 4.79 Å². The van der Waals surface area contributed by atoms with E-state index in [2.05, 4.69) is 5.32 Å². The number of esters is 1. The molecule has 0 aliphatic carbocycles. The standard InChI is InChI=1S/C23H41NO15/c1-9(26)12(24-22(32)39-23(2,3)4)19(31)35-8-11-18(14(28)15(29)20(34-6)37-11)38-21-16(30)13(27)17(33-5)10(7-25)36-21/h9-18,20-21,25-30H,7-8H2,1-6H3,(H,24,32). The zero-order chi connectivity index (χ0) is 29.7. The molecular formula is C23H41NO15. The second-order valence-corrected chi connectivity index (χ2v) is 10.3. The number of nitrogens with one attached hydrogen (secondary N) is 1. The lowest BCUT2D eigenvalue weighted by Crippen LogP contribution is -2.65. The van der Waals surface area contributed by atoms with E-state index in [-0.39, 0.29) is 0 Å². The number of methoxy groups -OCH3 is 2. The van der Waals surface area contributed by atoms with Gasteiger partial charge in [-0.15, -0.1) is 0 Å². The van der Waals surface area contributed by atoms with Crippen molar-refractivity contribution in [3.63, 3.8) is 0 Å². The van der Waals surface area contributed by atoms with Gasteiger partial charge in [-0.3, -0.25) is 0 Å². The fourth-order valence-corrected chi connectivity index (χ4v) is 4.08. The molecule has 2 aliphatic heterocycles. The summed E-state index contributed by atoms with van der Waals surface area (Å²) in [6, 6.07) is -1.54. The van der Waals surface area contributed by atoms with Crippen molar-refractivity contribution in [2.75, 3.05) is 27.4 Å². The van der Waals surface area contributed by atoms with Crippen molar-refractivity contribution >= 4 is 12.1 Å². The van der Waals surface area contributed by atoms with Gasteiger partial charge in [-0.2, -0.15) is 0 Å². The van der Waals surface area contributed by atoms with Crippen molar-refractivity contribution < 1.29 is 73.4 Å². The highest BCUT2D eigenvalue weighted by Gasteiger charge is 2.51. The van der Waals surface area contributed by atoms with Gasteiger partial charge < -0.3 is 69.1 Å². The van der Waals surface area contributed by atoms with Gasteiger partial charge in [-0.25, -0.2) is 9.59 Å². The number of carbonyl (C=O) groups excluding carboxylic acids is 2. The predicted molar refractivity (Wildman–Crippen MR) is 127 cm³/mol. The number of amides is 1. The van der Waals surface area contributed by atoms with Crippen molar-refractivity contribution in [1.29, 1.82) is 0 Å². The summed E-state index contributed by atoms with van der Waals surface area (Å²) in [5.41, 5.74) is -0.874. The van der Waals surface area contributed by atoms with Crippen LogP contribution in [0.25, 0.3) is 0 Å². The first kappa shape index (κ1) is 33.5. The van der Waals surface area contributed by atoms with Crippen molar-refractivity contribution in [3.8, 4) is 0 Å². The van der Waals surface area contributed by atoms with Gasteiger partial charge in [0.25, 0.3) is 0 Å². The van der Waals surface area contributed by atoms with Crippen LogP contribution in [0.5, 0.6) is 0 Å². The maximum Gasteiger partial charge on any atom is 0.408 e. The number of ether oxygens (including phenoxy) is 7. The number of aliphatic hydroxyl groups is 6. The Labute approximate surface area is 225 Å². The first-order valence-electron chi connectivity index (χ1n) is 12.3. The van der Waals surface area contributed by atoms with E-state index in [9.17, 15) is 40.2 Å². The number of hydrogen-bond acceptors (Lipinski definition) is 15. The van der Waals surface area contributed by atoms with Crippen LogP contribution in [-0.2, 0) is 38.0 Å². The lowest BCUT2D eigenvalue weighted by molar-refractivity contribution is -0.358. The molecular weight excluding hydrogens is 530 g/mol. The zero-order valence-electron chi connectivity index (χ0n) is 22.7. The van der Waals surface area contributed by atoms with Crippen molar-refractivity contribution in [2.45, 2.75) is 107 Å². The molecule has 2 aliphatic rings. The van der Waals surface area contributed by atoms with Gasteiger partial charge >= 0.3 is 12.1 Å². The maximum atomic E-state index is 12.7. The van der Waals surface area contributed by atoms with Crippen LogP contribution in [0.1, 0.15) is 27.7 Å². The molecule has 2 heterocycles. The highest BCUT2D eigenvalue weighted by molar-refractivity contribution is 5.82. The summed E-state index contributed by atoms with van der Waals surface area (Å²) in [6.45, 7) is 4.83. The lowest BCUT2D eigenvalue weighted by atomic mass is 9.97. The number of alkyl carbamates (subject to hydrolysis) is 1. The third kappa shape index (κ3) is 8.64. The second-order valence-electron chi connectivity index (χ2n) is 10.3. The van der Waals surface area contributed by atoms with Gasteiger partial charge in [0.2, 0.25) is 0 Å². The van der Waals surface area contributed by atoms with Gasteiger partial charge in [0.15, 0.2) is 18.6 Å². The van der Waals surface area contributed by atoms with Crippen LogP contribution in [0.3, 0.4) is 0 Å². The molecule has 16 heteroatoms. The first-order valence-corrected chi connectivity index (χ1v) is 12.3. The van der Waals surface area contributed by atoms with E-state index in [4.69, 9.17) is 33.2 Å². The Kier molecular flexibility index (Phi) is 12.3. The monoisotopic (exact) mass is 571 g/mol. The average Bonchev–Trinajstić information content (AvgIpc) is 2.85. The summed E-state index contributed by atoms with van der Waals surface area (Å²) in [7, 11) is 2.44. The van der Waals surface area contributed by atoms with Gasteiger partial charge in [0, 0.05) is 14.2 Å². The molecule has 7 N–H and O–H groups in total. The normalized spacial score (nSPS) is 37.0. The number of carbonyl (C=O) groups is 2. The predicted octanol–water partition coefficient (Wildman–Crippen LogP) is -3.26. The SMILES string of the molecule is COC1OC(COC(=O)C(NC(=O)OC(C)(C)C)C(C)O)C(OC2OC(CO)C(OC)C(O)C2O)C(O)C1O. The van der Waals surface area contributed by atoms with E-state index in [1.54, 1.807) is 20.8 Å². The first-order chi connectivity index (χ1) is 18.1. The van der Waals surface area contributed by atoms with Gasteiger partial charge in [0.1, 0.15) is 61.0 Å². The Morgan fingerprint density at radius 2 is 1.46 bits per heavy atom. The van der Waals surface area contributed by atoms with E-state index in [0.717, 1.165) is 0 Å². The van der Waals surface area contributed by atoms with Crippen LogP contribution in [0.15, 0.2) is 0 Å². The minimum atomic E-state index is -1.72. The lowest BCUT2D eigenvalue weighted by Gasteiger charge is -2.46. The summed E-state index contributed by atoms with van der Waals surface area (Å²) in [4.78, 5) is 24.8. The number of rotatable bonds is 10. The molecule has 0 saturated carbocycles. The summed E-state index contributed by atoms with van der Waals surface area (Å²) in [6.07, 6.45) is -17.1. The Morgan fingerprint density at radius 1 is 0.897 bits per heavy atom. The molecule has 2 saturated heterocycles. The molecule has 0 radical (unpaired) electrons. The molecule has 16 nitrogen and oxygen atoms in total. The topological polar surface area (TPSA) is 232 Å². The summed E-state index contributed by atoms with van der Waals surface area (Å²) in [5, 5.41) is 63.8. The summed E-state index contributed by atoms with van der Waals surface area (Å²) < 4.78 is 37.2. The molecule has 0 spiro atoms. The molecule has 39 heavy (non-hydrogen) atoms. The van der Waals surface area contributed by atoms with Crippen LogP contribution in [0.2, 0.25) is 0 Å².